The van der Waals surface area contributed by atoms with E-state index in [-0.39, 0.29) is 13.0 Å². The maximum absolute atomic E-state index is 12.8. The van der Waals surface area contributed by atoms with Gasteiger partial charge in [-0.3, -0.25) is 0 Å². The second-order valence-electron chi connectivity index (χ2n) is 4.78. The third kappa shape index (κ3) is 3.25. The Morgan fingerprint density at radius 2 is 2.11 bits per heavy atom. The Bertz CT molecular complexity index is 389. The lowest BCUT2D eigenvalue weighted by atomic mass is 9.84. The van der Waals surface area contributed by atoms with Crippen LogP contribution in [-0.2, 0) is 6.54 Å². The molecule has 0 aromatic carbocycles. The number of nitrogens with one attached hydrogen (secondary N) is 1. The monoisotopic (exact) mass is 262 g/mol. The lowest BCUT2D eigenvalue weighted by Gasteiger charge is -2.33. The van der Waals surface area contributed by atoms with E-state index >= 15 is 0 Å². The molecule has 1 N–H and O–H groups in total. The fourth-order valence-corrected chi connectivity index (χ4v) is 2.47. The van der Waals surface area contributed by atoms with Gasteiger partial charge in [-0.25, -0.2) is 4.98 Å². The van der Waals surface area contributed by atoms with E-state index in [1.54, 1.807) is 13.1 Å². The molecule has 2 rings (SSSR count). The van der Waals surface area contributed by atoms with Crippen LogP contribution in [0.3, 0.4) is 0 Å². The average molecular weight is 262 g/mol. The Labute approximate surface area is 104 Å². The highest BCUT2D eigenvalue weighted by atomic mass is 19.4. The van der Waals surface area contributed by atoms with Gasteiger partial charge in [-0.05, 0) is 19.8 Å². The predicted molar refractivity (Wildman–Crippen MR) is 59.9 cm³/mol. The van der Waals surface area contributed by atoms with E-state index in [0.717, 1.165) is 6.42 Å². The number of hydrogen-bond acceptors (Lipinski definition) is 3. The van der Waals surface area contributed by atoms with Crippen LogP contribution in [0.25, 0.3) is 0 Å². The van der Waals surface area contributed by atoms with Crippen LogP contribution in [0.15, 0.2) is 10.6 Å². The van der Waals surface area contributed by atoms with Gasteiger partial charge in [-0.15, -0.1) is 0 Å². The second-order valence-corrected chi connectivity index (χ2v) is 4.78. The average Bonchev–Trinajstić information content (AvgIpc) is 2.72. The normalized spacial score (nSPS) is 25.3. The van der Waals surface area contributed by atoms with Gasteiger partial charge < -0.3 is 9.73 Å². The molecule has 1 aliphatic carbocycles. The number of alkyl halides is 3. The van der Waals surface area contributed by atoms with Gasteiger partial charge in [0.25, 0.3) is 0 Å². The molecule has 1 aliphatic rings. The molecule has 1 aromatic rings. The predicted octanol–water partition coefficient (Wildman–Crippen LogP) is 3.19. The van der Waals surface area contributed by atoms with Crippen molar-refractivity contribution in [3.05, 3.63) is 17.8 Å². The Morgan fingerprint density at radius 3 is 2.72 bits per heavy atom. The summed E-state index contributed by atoms with van der Waals surface area (Å²) in [7, 11) is 0. The van der Waals surface area contributed by atoms with Crippen LogP contribution in [0.4, 0.5) is 13.2 Å². The molecule has 0 bridgehead atoms. The molecule has 1 heterocycles. The van der Waals surface area contributed by atoms with Gasteiger partial charge in [-0.2, -0.15) is 13.2 Å². The number of oxazole rings is 1. The van der Waals surface area contributed by atoms with Crippen molar-refractivity contribution in [3.8, 4) is 0 Å². The van der Waals surface area contributed by atoms with Crippen molar-refractivity contribution in [2.75, 3.05) is 0 Å². The van der Waals surface area contributed by atoms with Crippen LogP contribution in [0.2, 0.25) is 0 Å². The first-order chi connectivity index (χ1) is 8.47. The molecule has 0 spiro atoms. The lowest BCUT2D eigenvalue weighted by molar-refractivity contribution is -0.189. The first-order valence-corrected chi connectivity index (χ1v) is 6.18. The fourth-order valence-electron chi connectivity index (χ4n) is 2.47. The summed E-state index contributed by atoms with van der Waals surface area (Å²) in [5.41, 5.74) is 0. The van der Waals surface area contributed by atoms with Gasteiger partial charge in [0.2, 0.25) is 5.89 Å². The van der Waals surface area contributed by atoms with Crippen LogP contribution >= 0.6 is 0 Å². The smallest absolute Gasteiger partial charge is 0.393 e. The lowest BCUT2D eigenvalue weighted by Crippen LogP contribution is -2.45. The maximum atomic E-state index is 12.8. The van der Waals surface area contributed by atoms with Gasteiger partial charge in [0.1, 0.15) is 5.76 Å². The van der Waals surface area contributed by atoms with E-state index in [2.05, 4.69) is 10.3 Å². The highest BCUT2D eigenvalue weighted by molar-refractivity contribution is 4.92. The van der Waals surface area contributed by atoms with E-state index in [1.807, 2.05) is 0 Å². The zero-order valence-electron chi connectivity index (χ0n) is 10.3. The molecular formula is C12H17F3N2O. The van der Waals surface area contributed by atoms with Crippen molar-refractivity contribution >= 4 is 0 Å². The molecular weight excluding hydrogens is 245 g/mol. The Kier molecular flexibility index (Phi) is 3.94. The molecule has 2 unspecified atom stereocenters. The van der Waals surface area contributed by atoms with Crippen molar-refractivity contribution < 1.29 is 17.6 Å². The summed E-state index contributed by atoms with van der Waals surface area (Å²) in [6.07, 6.45) is -0.283. The van der Waals surface area contributed by atoms with Crippen LogP contribution < -0.4 is 5.32 Å². The standard InChI is InChI=1S/C12H17F3N2O/c1-8-6-17-11(18-8)7-16-10-5-3-2-4-9(10)12(13,14)15/h6,9-10,16H,2-5,7H2,1H3. The molecule has 0 radical (unpaired) electrons. The minimum absolute atomic E-state index is 0.214. The second kappa shape index (κ2) is 5.30. The largest absolute Gasteiger partial charge is 0.445 e. The molecule has 2 atom stereocenters. The van der Waals surface area contributed by atoms with Crippen LogP contribution in [0.1, 0.15) is 37.3 Å². The van der Waals surface area contributed by atoms with Crippen LogP contribution in [-0.4, -0.2) is 17.2 Å². The van der Waals surface area contributed by atoms with Gasteiger partial charge in [0, 0.05) is 6.04 Å². The van der Waals surface area contributed by atoms with E-state index < -0.39 is 18.1 Å². The summed E-state index contributed by atoms with van der Waals surface area (Å²) in [5.74, 6) is -0.135. The number of nitrogens with zero attached hydrogens (tertiary/aromatic N) is 1. The van der Waals surface area contributed by atoms with Crippen molar-refractivity contribution in [3.63, 3.8) is 0 Å². The molecule has 0 aliphatic heterocycles. The van der Waals surface area contributed by atoms with Crippen molar-refractivity contribution in [2.24, 2.45) is 5.92 Å². The number of aryl methyl sites for hydroxylation is 1. The molecule has 1 fully saturated rings. The van der Waals surface area contributed by atoms with Crippen LogP contribution in [0, 0.1) is 12.8 Å². The minimum Gasteiger partial charge on any atom is -0.445 e. The van der Waals surface area contributed by atoms with Crippen molar-refractivity contribution in [1.29, 1.82) is 0 Å². The van der Waals surface area contributed by atoms with E-state index in [1.165, 1.54) is 0 Å². The van der Waals surface area contributed by atoms with Gasteiger partial charge in [-0.1, -0.05) is 12.8 Å². The molecule has 102 valence electrons. The van der Waals surface area contributed by atoms with Crippen molar-refractivity contribution in [2.45, 2.75) is 51.4 Å². The maximum Gasteiger partial charge on any atom is 0.393 e. The Morgan fingerprint density at radius 1 is 1.39 bits per heavy atom. The highest BCUT2D eigenvalue weighted by Crippen LogP contribution is 2.37. The number of aromatic nitrogens is 1. The number of rotatable bonds is 3. The summed E-state index contributed by atoms with van der Waals surface area (Å²) in [4.78, 5) is 3.98. The zero-order chi connectivity index (χ0) is 13.2. The topological polar surface area (TPSA) is 38.1 Å². The molecule has 3 nitrogen and oxygen atoms in total. The number of hydrogen-bond donors (Lipinski definition) is 1. The molecule has 0 amide bonds. The first kappa shape index (κ1) is 13.4. The summed E-state index contributed by atoms with van der Waals surface area (Å²) in [6.45, 7) is 2.01. The molecule has 6 heteroatoms. The summed E-state index contributed by atoms with van der Waals surface area (Å²) >= 11 is 0. The van der Waals surface area contributed by atoms with E-state index in [4.69, 9.17) is 4.42 Å². The molecule has 1 saturated carbocycles. The van der Waals surface area contributed by atoms with Crippen LogP contribution in [0.5, 0.6) is 0 Å². The zero-order valence-corrected chi connectivity index (χ0v) is 10.3. The molecule has 0 saturated heterocycles. The van der Waals surface area contributed by atoms with Gasteiger partial charge >= 0.3 is 6.18 Å². The third-order valence-electron chi connectivity index (χ3n) is 3.37. The summed E-state index contributed by atoms with van der Waals surface area (Å²) in [5, 5.41) is 2.93. The van der Waals surface area contributed by atoms with E-state index in [9.17, 15) is 13.2 Å². The summed E-state index contributed by atoms with van der Waals surface area (Å²) in [6, 6.07) is -0.522. The Hall–Kier alpha value is -1.04. The Balaban J connectivity index is 1.93. The van der Waals surface area contributed by atoms with E-state index in [0.29, 0.717) is 24.5 Å². The third-order valence-corrected chi connectivity index (χ3v) is 3.37. The molecule has 18 heavy (non-hydrogen) atoms. The summed E-state index contributed by atoms with van der Waals surface area (Å²) < 4.78 is 43.8. The minimum atomic E-state index is -4.12. The SMILES string of the molecule is Cc1cnc(CNC2CCCCC2C(F)(F)F)o1. The van der Waals surface area contributed by atoms with Crippen molar-refractivity contribution in [1.82, 2.24) is 10.3 Å². The quantitative estimate of drug-likeness (QED) is 0.909. The fraction of sp³-hybridized carbons (Fsp3) is 0.750. The van der Waals surface area contributed by atoms with Gasteiger partial charge in [0.05, 0.1) is 18.7 Å². The highest BCUT2D eigenvalue weighted by Gasteiger charge is 2.45. The molecule has 1 aromatic heterocycles. The number of halogens is 3. The van der Waals surface area contributed by atoms with Gasteiger partial charge in [0.15, 0.2) is 0 Å². The first-order valence-electron chi connectivity index (χ1n) is 6.18.